The zero-order chi connectivity index (χ0) is 13.5. The number of carboxylic acid groups (broad SMARTS) is 1. The summed E-state index contributed by atoms with van der Waals surface area (Å²) in [7, 11) is 0. The van der Waals surface area contributed by atoms with Gasteiger partial charge < -0.3 is 9.84 Å². The van der Waals surface area contributed by atoms with Crippen molar-refractivity contribution in [2.75, 3.05) is 0 Å². The molecule has 0 spiro atoms. The molecule has 0 saturated heterocycles. The molecule has 4 heteroatoms. The molecule has 0 heterocycles. The van der Waals surface area contributed by atoms with Crippen LogP contribution in [0.25, 0.3) is 0 Å². The van der Waals surface area contributed by atoms with Crippen LogP contribution < -0.4 is 4.74 Å². The standard InChI is InChI=1S/C15H17FO3/c16-10-3-6-13(19-11-4-5-11)12(9-10)15(14(17)18)7-1-2-8-15/h3,6,9,11H,1-2,4-5,7-8H2,(H,17,18). The fraction of sp³-hybridized carbons (Fsp3) is 0.533. The average molecular weight is 264 g/mol. The highest BCUT2D eigenvalue weighted by atomic mass is 19.1. The molecule has 0 aromatic heterocycles. The van der Waals surface area contributed by atoms with Crippen molar-refractivity contribution in [2.45, 2.75) is 50.0 Å². The molecule has 2 fully saturated rings. The van der Waals surface area contributed by atoms with Gasteiger partial charge in [-0.15, -0.1) is 0 Å². The Balaban J connectivity index is 2.05. The summed E-state index contributed by atoms with van der Waals surface area (Å²) in [6, 6.07) is 4.26. The SMILES string of the molecule is O=C(O)C1(c2cc(F)ccc2OC2CC2)CCCC1. The molecule has 1 aromatic rings. The summed E-state index contributed by atoms with van der Waals surface area (Å²) in [5.74, 6) is -0.713. The lowest BCUT2D eigenvalue weighted by Crippen LogP contribution is -2.33. The van der Waals surface area contributed by atoms with E-state index in [2.05, 4.69) is 0 Å². The van der Waals surface area contributed by atoms with Gasteiger partial charge in [-0.25, -0.2) is 4.39 Å². The average Bonchev–Trinajstić information content (AvgIpc) is 3.05. The molecule has 0 aliphatic heterocycles. The maximum atomic E-state index is 13.5. The molecule has 3 rings (SSSR count). The molecular weight excluding hydrogens is 247 g/mol. The van der Waals surface area contributed by atoms with Crippen molar-refractivity contribution in [1.29, 1.82) is 0 Å². The third-order valence-electron chi connectivity index (χ3n) is 4.14. The Bertz CT molecular complexity index is 502. The third-order valence-corrected chi connectivity index (χ3v) is 4.14. The molecule has 0 atom stereocenters. The number of hydrogen-bond acceptors (Lipinski definition) is 2. The van der Waals surface area contributed by atoms with E-state index in [0.29, 0.717) is 24.2 Å². The van der Waals surface area contributed by atoms with E-state index in [9.17, 15) is 14.3 Å². The van der Waals surface area contributed by atoms with Crippen molar-refractivity contribution in [3.05, 3.63) is 29.6 Å². The largest absolute Gasteiger partial charge is 0.490 e. The molecular formula is C15H17FO3. The number of aliphatic carboxylic acids is 1. The maximum absolute atomic E-state index is 13.5. The van der Waals surface area contributed by atoms with Crippen LogP contribution in [0.2, 0.25) is 0 Å². The van der Waals surface area contributed by atoms with E-state index in [4.69, 9.17) is 4.74 Å². The Kier molecular flexibility index (Phi) is 2.96. The molecule has 1 aromatic carbocycles. The summed E-state index contributed by atoms with van der Waals surface area (Å²) < 4.78 is 19.3. The Labute approximate surface area is 111 Å². The van der Waals surface area contributed by atoms with Crippen LogP contribution in [-0.4, -0.2) is 17.2 Å². The van der Waals surface area contributed by atoms with Crippen molar-refractivity contribution in [3.63, 3.8) is 0 Å². The number of halogens is 1. The second-order valence-corrected chi connectivity index (χ2v) is 5.55. The minimum absolute atomic E-state index is 0.177. The lowest BCUT2D eigenvalue weighted by molar-refractivity contribution is -0.143. The van der Waals surface area contributed by atoms with Gasteiger partial charge in [-0.2, -0.15) is 0 Å². The molecule has 2 aliphatic carbocycles. The number of carbonyl (C=O) groups is 1. The van der Waals surface area contributed by atoms with Crippen molar-refractivity contribution >= 4 is 5.97 Å². The summed E-state index contributed by atoms with van der Waals surface area (Å²) in [4.78, 5) is 11.7. The Hall–Kier alpha value is -1.58. The number of rotatable bonds is 4. The van der Waals surface area contributed by atoms with Crippen molar-refractivity contribution in [2.24, 2.45) is 0 Å². The van der Waals surface area contributed by atoms with Crippen molar-refractivity contribution in [1.82, 2.24) is 0 Å². The minimum Gasteiger partial charge on any atom is -0.490 e. The quantitative estimate of drug-likeness (QED) is 0.908. The van der Waals surface area contributed by atoms with Crippen molar-refractivity contribution < 1.29 is 19.0 Å². The molecule has 19 heavy (non-hydrogen) atoms. The Morgan fingerprint density at radius 2 is 2.00 bits per heavy atom. The van der Waals surface area contributed by atoms with E-state index in [1.54, 1.807) is 6.07 Å². The predicted molar refractivity (Wildman–Crippen MR) is 67.8 cm³/mol. The van der Waals surface area contributed by atoms with Crippen LogP contribution in [0.1, 0.15) is 44.1 Å². The van der Waals surface area contributed by atoms with Crippen LogP contribution in [0.4, 0.5) is 4.39 Å². The van der Waals surface area contributed by atoms with Gasteiger partial charge in [0, 0.05) is 5.56 Å². The van der Waals surface area contributed by atoms with Crippen LogP contribution in [0, 0.1) is 5.82 Å². The van der Waals surface area contributed by atoms with Gasteiger partial charge in [0.05, 0.1) is 11.5 Å². The number of ether oxygens (including phenoxy) is 1. The molecule has 2 saturated carbocycles. The number of hydrogen-bond donors (Lipinski definition) is 1. The van der Waals surface area contributed by atoms with Crippen molar-refractivity contribution in [3.8, 4) is 5.75 Å². The monoisotopic (exact) mass is 264 g/mol. The van der Waals surface area contributed by atoms with E-state index < -0.39 is 17.2 Å². The molecule has 2 aliphatic rings. The van der Waals surface area contributed by atoms with Crippen LogP contribution in [0.15, 0.2) is 18.2 Å². The van der Waals surface area contributed by atoms with Gasteiger partial charge in [-0.3, -0.25) is 4.79 Å². The summed E-state index contributed by atoms with van der Waals surface area (Å²) in [6.07, 6.45) is 5.03. The van der Waals surface area contributed by atoms with E-state index in [1.807, 2.05) is 0 Å². The highest BCUT2D eigenvalue weighted by Crippen LogP contribution is 2.46. The zero-order valence-corrected chi connectivity index (χ0v) is 10.7. The molecule has 0 bridgehead atoms. The van der Waals surface area contributed by atoms with Crippen LogP contribution in [0.3, 0.4) is 0 Å². The first-order chi connectivity index (χ1) is 9.12. The van der Waals surface area contributed by atoms with Gasteiger partial charge in [-0.05, 0) is 43.9 Å². The Morgan fingerprint density at radius 1 is 1.32 bits per heavy atom. The van der Waals surface area contributed by atoms with Gasteiger partial charge in [0.2, 0.25) is 0 Å². The third kappa shape index (κ3) is 2.20. The normalized spacial score (nSPS) is 21.3. The molecule has 0 amide bonds. The predicted octanol–water partition coefficient (Wildman–Crippen LogP) is 3.26. The highest BCUT2D eigenvalue weighted by Gasteiger charge is 2.45. The Morgan fingerprint density at radius 3 is 2.58 bits per heavy atom. The molecule has 1 N–H and O–H groups in total. The molecule has 102 valence electrons. The lowest BCUT2D eigenvalue weighted by Gasteiger charge is -2.26. The smallest absolute Gasteiger partial charge is 0.314 e. The van der Waals surface area contributed by atoms with Gasteiger partial charge >= 0.3 is 5.97 Å². The first-order valence-electron chi connectivity index (χ1n) is 6.82. The van der Waals surface area contributed by atoms with E-state index in [0.717, 1.165) is 25.7 Å². The molecule has 3 nitrogen and oxygen atoms in total. The number of carboxylic acids is 1. The first kappa shape index (κ1) is 12.5. The molecule has 0 radical (unpaired) electrons. The topological polar surface area (TPSA) is 46.5 Å². The van der Waals surface area contributed by atoms with Gasteiger partial charge in [-0.1, -0.05) is 12.8 Å². The van der Waals surface area contributed by atoms with Crippen LogP contribution in [-0.2, 0) is 10.2 Å². The summed E-state index contributed by atoms with van der Waals surface area (Å²) in [6.45, 7) is 0. The van der Waals surface area contributed by atoms with Gasteiger partial charge in [0.15, 0.2) is 0 Å². The fourth-order valence-electron chi connectivity index (χ4n) is 2.92. The van der Waals surface area contributed by atoms with Crippen LogP contribution in [0.5, 0.6) is 5.75 Å². The second-order valence-electron chi connectivity index (χ2n) is 5.55. The highest BCUT2D eigenvalue weighted by molar-refractivity contribution is 5.83. The summed E-state index contributed by atoms with van der Waals surface area (Å²) in [5, 5.41) is 9.60. The maximum Gasteiger partial charge on any atom is 0.314 e. The first-order valence-corrected chi connectivity index (χ1v) is 6.82. The second kappa shape index (κ2) is 4.51. The zero-order valence-electron chi connectivity index (χ0n) is 10.7. The summed E-state index contributed by atoms with van der Waals surface area (Å²) >= 11 is 0. The van der Waals surface area contributed by atoms with Crippen LogP contribution >= 0.6 is 0 Å². The van der Waals surface area contributed by atoms with E-state index >= 15 is 0 Å². The summed E-state index contributed by atoms with van der Waals surface area (Å²) in [5.41, 5.74) is -0.448. The molecule has 0 unspecified atom stereocenters. The van der Waals surface area contributed by atoms with E-state index in [1.165, 1.54) is 12.1 Å². The fourth-order valence-corrected chi connectivity index (χ4v) is 2.92. The lowest BCUT2D eigenvalue weighted by atomic mass is 9.78. The minimum atomic E-state index is -0.966. The number of benzene rings is 1. The van der Waals surface area contributed by atoms with Gasteiger partial charge in [0.1, 0.15) is 11.6 Å². The van der Waals surface area contributed by atoms with E-state index in [-0.39, 0.29) is 6.10 Å². The van der Waals surface area contributed by atoms with Gasteiger partial charge in [0.25, 0.3) is 0 Å².